The molecule has 0 bridgehead atoms. The molecule has 0 saturated carbocycles. The van der Waals surface area contributed by atoms with E-state index in [0.29, 0.717) is 15.6 Å². The summed E-state index contributed by atoms with van der Waals surface area (Å²) in [4.78, 5) is 8.67. The molecule has 92 valence electrons. The van der Waals surface area contributed by atoms with Crippen molar-refractivity contribution in [2.75, 3.05) is 0 Å². The number of hydrogen-bond acceptors (Lipinski definition) is 3. The Morgan fingerprint density at radius 2 is 2.11 bits per heavy atom. The molecule has 0 saturated heterocycles. The molecule has 0 fully saturated rings. The highest BCUT2D eigenvalue weighted by molar-refractivity contribution is 8.00. The van der Waals surface area contributed by atoms with Gasteiger partial charge in [-0.2, -0.15) is 0 Å². The van der Waals surface area contributed by atoms with Crippen LogP contribution < -0.4 is 0 Å². The van der Waals surface area contributed by atoms with Crippen molar-refractivity contribution in [1.29, 1.82) is 0 Å². The molecule has 1 aliphatic rings. The summed E-state index contributed by atoms with van der Waals surface area (Å²) < 4.78 is 0. The van der Waals surface area contributed by atoms with Crippen LogP contribution in [-0.2, 0) is 6.42 Å². The van der Waals surface area contributed by atoms with Crippen molar-refractivity contribution in [2.24, 2.45) is 0 Å². The Bertz CT molecular complexity index is 616. The molecule has 3 rings (SSSR count). The maximum Gasteiger partial charge on any atom is 0.224 e. The SMILES string of the molecule is CC1Cc2c(nc(Cl)nc2-c2cccc(Cl)c2)S1. The van der Waals surface area contributed by atoms with E-state index < -0.39 is 0 Å². The lowest BCUT2D eigenvalue weighted by molar-refractivity contribution is 0.923. The second kappa shape index (κ2) is 4.72. The Kier molecular flexibility index (Phi) is 3.22. The van der Waals surface area contributed by atoms with Crippen molar-refractivity contribution in [2.45, 2.75) is 23.6 Å². The van der Waals surface area contributed by atoms with Gasteiger partial charge in [-0.25, -0.2) is 9.97 Å². The Hall–Kier alpha value is -0.770. The van der Waals surface area contributed by atoms with Crippen LogP contribution in [0.15, 0.2) is 29.3 Å². The van der Waals surface area contributed by atoms with E-state index in [2.05, 4.69) is 16.9 Å². The van der Waals surface area contributed by atoms with E-state index in [4.69, 9.17) is 23.2 Å². The lowest BCUT2D eigenvalue weighted by Crippen LogP contribution is -1.97. The van der Waals surface area contributed by atoms with Crippen molar-refractivity contribution >= 4 is 35.0 Å². The number of aromatic nitrogens is 2. The number of hydrogen-bond donors (Lipinski definition) is 0. The number of fused-ring (bicyclic) bond motifs is 1. The van der Waals surface area contributed by atoms with Crippen LogP contribution in [0.5, 0.6) is 0 Å². The Morgan fingerprint density at radius 3 is 2.89 bits per heavy atom. The molecule has 1 unspecified atom stereocenters. The fourth-order valence-electron chi connectivity index (χ4n) is 2.11. The highest BCUT2D eigenvalue weighted by atomic mass is 35.5. The summed E-state index contributed by atoms with van der Waals surface area (Å²) in [5.74, 6) is 0. The van der Waals surface area contributed by atoms with Gasteiger partial charge in [0.2, 0.25) is 5.28 Å². The third-order valence-electron chi connectivity index (χ3n) is 2.84. The minimum atomic E-state index is 0.297. The second-order valence-corrected chi connectivity index (χ2v) is 6.47. The zero-order valence-electron chi connectivity index (χ0n) is 9.65. The van der Waals surface area contributed by atoms with Crippen molar-refractivity contribution < 1.29 is 0 Å². The molecule has 0 spiro atoms. The molecule has 0 amide bonds. The topological polar surface area (TPSA) is 25.8 Å². The summed E-state index contributed by atoms with van der Waals surface area (Å²) in [7, 11) is 0. The van der Waals surface area contributed by atoms with Gasteiger partial charge >= 0.3 is 0 Å². The summed E-state index contributed by atoms with van der Waals surface area (Å²) in [6.45, 7) is 2.18. The van der Waals surface area contributed by atoms with Crippen molar-refractivity contribution in [1.82, 2.24) is 9.97 Å². The summed E-state index contributed by atoms with van der Waals surface area (Å²) in [6.07, 6.45) is 0.971. The molecule has 0 radical (unpaired) electrons. The fourth-order valence-corrected chi connectivity index (χ4v) is 3.62. The molecular formula is C13H10Cl2N2S. The van der Waals surface area contributed by atoms with E-state index in [1.165, 1.54) is 5.56 Å². The van der Waals surface area contributed by atoms with Crippen molar-refractivity contribution in [3.05, 3.63) is 40.1 Å². The lowest BCUT2D eigenvalue weighted by Gasteiger charge is -2.07. The summed E-state index contributed by atoms with van der Waals surface area (Å²) >= 11 is 13.8. The van der Waals surface area contributed by atoms with Crippen LogP contribution in [0.2, 0.25) is 10.3 Å². The maximum atomic E-state index is 6.03. The molecule has 1 atom stereocenters. The predicted octanol–water partition coefficient (Wildman–Crippen LogP) is 4.49. The molecule has 2 aromatic rings. The number of nitrogens with zero attached hydrogens (tertiary/aromatic N) is 2. The zero-order chi connectivity index (χ0) is 12.7. The Labute approximate surface area is 120 Å². The van der Waals surface area contributed by atoms with Gasteiger partial charge < -0.3 is 0 Å². The summed E-state index contributed by atoms with van der Waals surface area (Å²) in [6, 6.07) is 7.68. The lowest BCUT2D eigenvalue weighted by atomic mass is 10.0. The van der Waals surface area contributed by atoms with E-state index in [1.54, 1.807) is 11.8 Å². The van der Waals surface area contributed by atoms with E-state index in [0.717, 1.165) is 22.7 Å². The van der Waals surface area contributed by atoms with E-state index in [-0.39, 0.29) is 0 Å². The van der Waals surface area contributed by atoms with Gasteiger partial charge in [0.15, 0.2) is 0 Å². The fraction of sp³-hybridized carbons (Fsp3) is 0.231. The molecule has 1 aliphatic heterocycles. The van der Waals surface area contributed by atoms with Gasteiger partial charge in [-0.3, -0.25) is 0 Å². The third-order valence-corrected chi connectivity index (χ3v) is 4.38. The van der Waals surface area contributed by atoms with Crippen LogP contribution in [0.4, 0.5) is 0 Å². The first-order valence-corrected chi connectivity index (χ1v) is 7.26. The van der Waals surface area contributed by atoms with Crippen LogP contribution in [0, 0.1) is 0 Å². The van der Waals surface area contributed by atoms with E-state index in [1.807, 2.05) is 24.3 Å². The molecule has 2 heterocycles. The first kappa shape index (κ1) is 12.3. The normalized spacial score (nSPS) is 17.8. The summed E-state index contributed by atoms with van der Waals surface area (Å²) in [5, 5.41) is 2.52. The smallest absolute Gasteiger partial charge is 0.218 e. The first-order chi connectivity index (χ1) is 8.63. The number of halogens is 2. The van der Waals surface area contributed by atoms with Gasteiger partial charge in [0.05, 0.1) is 5.69 Å². The molecule has 5 heteroatoms. The minimum Gasteiger partial charge on any atom is -0.218 e. The predicted molar refractivity (Wildman–Crippen MR) is 76.5 cm³/mol. The number of thioether (sulfide) groups is 1. The minimum absolute atomic E-state index is 0.297. The van der Waals surface area contributed by atoms with Crippen LogP contribution in [0.25, 0.3) is 11.3 Å². The number of benzene rings is 1. The van der Waals surface area contributed by atoms with Crippen molar-refractivity contribution in [3.8, 4) is 11.3 Å². The van der Waals surface area contributed by atoms with Crippen LogP contribution in [0.1, 0.15) is 12.5 Å². The average molecular weight is 297 g/mol. The first-order valence-electron chi connectivity index (χ1n) is 5.62. The van der Waals surface area contributed by atoms with Gasteiger partial charge in [-0.05, 0) is 30.2 Å². The van der Waals surface area contributed by atoms with Crippen LogP contribution in [-0.4, -0.2) is 15.2 Å². The monoisotopic (exact) mass is 296 g/mol. The molecule has 1 aromatic heterocycles. The molecular weight excluding hydrogens is 287 g/mol. The maximum absolute atomic E-state index is 6.03. The molecule has 18 heavy (non-hydrogen) atoms. The highest BCUT2D eigenvalue weighted by Crippen LogP contribution is 2.40. The van der Waals surface area contributed by atoms with Gasteiger partial charge in [0.1, 0.15) is 5.03 Å². The van der Waals surface area contributed by atoms with Gasteiger partial charge in [-0.1, -0.05) is 30.7 Å². The average Bonchev–Trinajstić information content (AvgIpc) is 2.68. The highest BCUT2D eigenvalue weighted by Gasteiger charge is 2.25. The second-order valence-electron chi connectivity index (χ2n) is 4.27. The Balaban J connectivity index is 2.18. The van der Waals surface area contributed by atoms with E-state index >= 15 is 0 Å². The molecule has 0 N–H and O–H groups in total. The molecule has 1 aromatic carbocycles. The Morgan fingerprint density at radius 1 is 1.28 bits per heavy atom. The van der Waals surface area contributed by atoms with Crippen LogP contribution >= 0.6 is 35.0 Å². The molecule has 0 aliphatic carbocycles. The van der Waals surface area contributed by atoms with E-state index in [9.17, 15) is 0 Å². The number of rotatable bonds is 1. The van der Waals surface area contributed by atoms with Gasteiger partial charge in [-0.15, -0.1) is 11.8 Å². The van der Waals surface area contributed by atoms with Gasteiger partial charge in [0, 0.05) is 21.4 Å². The van der Waals surface area contributed by atoms with Crippen molar-refractivity contribution in [3.63, 3.8) is 0 Å². The largest absolute Gasteiger partial charge is 0.224 e. The molecule has 2 nitrogen and oxygen atoms in total. The standard InChI is InChI=1S/C13H10Cl2N2S/c1-7-5-10-11(8-3-2-4-9(14)6-8)16-13(15)17-12(10)18-7/h2-4,6-7H,5H2,1H3. The zero-order valence-corrected chi connectivity index (χ0v) is 12.0. The third kappa shape index (κ3) is 2.22. The van der Waals surface area contributed by atoms with Gasteiger partial charge in [0.25, 0.3) is 0 Å². The summed E-state index contributed by atoms with van der Waals surface area (Å²) in [5.41, 5.74) is 3.08. The quantitative estimate of drug-likeness (QED) is 0.573. The van der Waals surface area contributed by atoms with Crippen LogP contribution in [0.3, 0.4) is 0 Å².